The van der Waals surface area contributed by atoms with Gasteiger partial charge in [-0.1, -0.05) is 30.3 Å². The molecule has 0 radical (unpaired) electrons. The van der Waals surface area contributed by atoms with Crippen LogP contribution in [0.15, 0.2) is 42.6 Å². The molecule has 0 bridgehead atoms. The van der Waals surface area contributed by atoms with Crippen molar-refractivity contribution in [2.75, 3.05) is 24.1 Å². The molecule has 0 spiro atoms. The van der Waals surface area contributed by atoms with Gasteiger partial charge in [0.1, 0.15) is 11.8 Å². The smallest absolute Gasteiger partial charge is 0.418 e. The zero-order valence-corrected chi connectivity index (χ0v) is 18.1. The van der Waals surface area contributed by atoms with Gasteiger partial charge in [-0.25, -0.2) is 4.98 Å². The minimum atomic E-state index is -4.69. The highest BCUT2D eigenvalue weighted by molar-refractivity contribution is 7.08. The van der Waals surface area contributed by atoms with Crippen molar-refractivity contribution in [1.29, 1.82) is 0 Å². The lowest BCUT2D eigenvalue weighted by Gasteiger charge is -2.16. The number of rotatable bonds is 5. The molecule has 1 aliphatic heterocycles. The van der Waals surface area contributed by atoms with E-state index >= 15 is 0 Å². The fourth-order valence-corrected chi connectivity index (χ4v) is 3.84. The third kappa shape index (κ3) is 5.12. The van der Waals surface area contributed by atoms with Gasteiger partial charge in [-0.15, -0.1) is 12.4 Å². The molecule has 3 aromatic rings. The third-order valence-corrected chi connectivity index (χ3v) is 5.39. The van der Waals surface area contributed by atoms with Gasteiger partial charge >= 0.3 is 6.18 Å². The molecule has 1 saturated heterocycles. The number of halogens is 4. The van der Waals surface area contributed by atoms with Crippen LogP contribution in [0.2, 0.25) is 0 Å². The quantitative estimate of drug-likeness (QED) is 0.500. The van der Waals surface area contributed by atoms with Crippen molar-refractivity contribution in [2.24, 2.45) is 0 Å². The molecule has 0 aliphatic carbocycles. The van der Waals surface area contributed by atoms with E-state index in [1.165, 1.54) is 18.3 Å². The molecule has 1 aromatic carbocycles. The Hall–Kier alpha value is -2.89. The molecule has 3 heterocycles. The first-order valence-electron chi connectivity index (χ1n) is 9.39. The Labute approximate surface area is 191 Å². The van der Waals surface area contributed by atoms with Crippen LogP contribution in [-0.2, 0) is 6.18 Å². The fourth-order valence-electron chi connectivity index (χ4n) is 3.20. The predicted octanol–water partition coefficient (Wildman–Crippen LogP) is 4.22. The number of ether oxygens (including phenoxy) is 1. The van der Waals surface area contributed by atoms with Crippen LogP contribution < -0.4 is 21.1 Å². The highest BCUT2D eigenvalue weighted by atomic mass is 35.5. The van der Waals surface area contributed by atoms with E-state index in [4.69, 9.17) is 10.5 Å². The molecular weight excluding hydrogens is 467 g/mol. The number of nitrogens with one attached hydrogen (secondary N) is 2. The van der Waals surface area contributed by atoms with E-state index in [1.54, 1.807) is 18.2 Å². The van der Waals surface area contributed by atoms with Gasteiger partial charge in [-0.2, -0.15) is 17.5 Å². The second kappa shape index (κ2) is 9.72. The standard InChI is InChI=1S/C20H18F3N5O2S.ClH/c21-20(22,23)13-8-14(24)17(28-16(13)11-4-2-1-3-5-11)18(29)27-15-10-26-31-19(15)30-12-6-7-25-9-12;/h1-5,8,10,12,25H,6-7,9,24H2,(H,27,29);1H. The number of carbonyl (C=O) groups is 1. The number of nitrogens with zero attached hydrogens (tertiary/aromatic N) is 2. The zero-order chi connectivity index (χ0) is 22.0. The first-order chi connectivity index (χ1) is 14.8. The van der Waals surface area contributed by atoms with Gasteiger partial charge < -0.3 is 21.1 Å². The Kier molecular flexibility index (Phi) is 7.22. The van der Waals surface area contributed by atoms with Crippen LogP contribution in [0.4, 0.5) is 24.5 Å². The topological polar surface area (TPSA) is 102 Å². The van der Waals surface area contributed by atoms with Crippen molar-refractivity contribution < 1.29 is 22.7 Å². The van der Waals surface area contributed by atoms with Gasteiger partial charge in [0.15, 0.2) is 5.69 Å². The summed E-state index contributed by atoms with van der Waals surface area (Å²) >= 11 is 1.07. The van der Waals surface area contributed by atoms with Crippen molar-refractivity contribution in [3.05, 3.63) is 53.9 Å². The van der Waals surface area contributed by atoms with Crippen molar-refractivity contribution in [3.63, 3.8) is 0 Å². The Morgan fingerprint density at radius 1 is 1.28 bits per heavy atom. The minimum absolute atomic E-state index is 0. The highest BCUT2D eigenvalue weighted by Crippen LogP contribution is 2.38. The van der Waals surface area contributed by atoms with Crippen molar-refractivity contribution >= 4 is 41.2 Å². The number of aromatic nitrogens is 2. The second-order valence-electron chi connectivity index (χ2n) is 6.90. The molecule has 1 fully saturated rings. The molecule has 4 rings (SSSR count). The number of pyridine rings is 1. The van der Waals surface area contributed by atoms with Crippen molar-refractivity contribution in [1.82, 2.24) is 14.7 Å². The number of hydrogen-bond donors (Lipinski definition) is 3. The summed E-state index contributed by atoms with van der Waals surface area (Å²) in [5.74, 6) is -0.752. The summed E-state index contributed by atoms with van der Waals surface area (Å²) in [4.78, 5) is 16.8. The first kappa shape index (κ1) is 23.8. The van der Waals surface area contributed by atoms with Crippen LogP contribution in [0.1, 0.15) is 22.5 Å². The van der Waals surface area contributed by atoms with E-state index in [1.807, 2.05) is 0 Å². The first-order valence-corrected chi connectivity index (χ1v) is 10.2. The zero-order valence-electron chi connectivity index (χ0n) is 16.5. The molecule has 4 N–H and O–H groups in total. The summed E-state index contributed by atoms with van der Waals surface area (Å²) in [6, 6.07) is 8.56. The molecule has 2 aromatic heterocycles. The maximum atomic E-state index is 13.6. The second-order valence-corrected chi connectivity index (χ2v) is 7.66. The van der Waals surface area contributed by atoms with Gasteiger partial charge in [0.25, 0.3) is 5.91 Å². The Morgan fingerprint density at radius 2 is 2.03 bits per heavy atom. The van der Waals surface area contributed by atoms with E-state index in [-0.39, 0.29) is 41.1 Å². The number of benzene rings is 1. The average Bonchev–Trinajstić information content (AvgIpc) is 3.40. The fraction of sp³-hybridized carbons (Fsp3) is 0.250. The third-order valence-electron chi connectivity index (χ3n) is 4.69. The van der Waals surface area contributed by atoms with Crippen LogP contribution in [0, 0.1) is 0 Å². The molecule has 1 aliphatic rings. The SMILES string of the molecule is Cl.Nc1cc(C(F)(F)F)c(-c2ccccc2)nc1C(=O)Nc1cnsc1OC1CCNC1. The Bertz CT molecular complexity index is 1090. The summed E-state index contributed by atoms with van der Waals surface area (Å²) in [6.07, 6.45) is -2.50. The summed E-state index contributed by atoms with van der Waals surface area (Å²) in [5, 5.41) is 6.18. The van der Waals surface area contributed by atoms with Crippen molar-refractivity contribution in [3.8, 4) is 16.3 Å². The molecule has 1 unspecified atom stereocenters. The maximum Gasteiger partial charge on any atom is 0.418 e. The van der Waals surface area contributed by atoms with E-state index in [0.717, 1.165) is 30.6 Å². The van der Waals surface area contributed by atoms with Gasteiger partial charge in [-0.3, -0.25) is 4.79 Å². The highest BCUT2D eigenvalue weighted by Gasteiger charge is 2.36. The molecule has 12 heteroatoms. The number of nitrogen functional groups attached to an aromatic ring is 1. The van der Waals surface area contributed by atoms with Crippen LogP contribution in [0.3, 0.4) is 0 Å². The molecule has 7 nitrogen and oxygen atoms in total. The van der Waals surface area contributed by atoms with Crippen LogP contribution in [0.5, 0.6) is 5.06 Å². The molecule has 1 atom stereocenters. The lowest BCUT2D eigenvalue weighted by molar-refractivity contribution is -0.137. The summed E-state index contributed by atoms with van der Waals surface area (Å²) in [5.41, 5.74) is 4.24. The molecule has 0 saturated carbocycles. The van der Waals surface area contributed by atoms with Gasteiger partial charge in [0, 0.05) is 23.6 Å². The molecule has 32 heavy (non-hydrogen) atoms. The number of alkyl halides is 3. The lowest BCUT2D eigenvalue weighted by Crippen LogP contribution is -2.21. The lowest BCUT2D eigenvalue weighted by atomic mass is 10.0. The molecule has 1 amide bonds. The molecule has 170 valence electrons. The van der Waals surface area contributed by atoms with E-state index < -0.39 is 17.6 Å². The number of amides is 1. The van der Waals surface area contributed by atoms with Crippen LogP contribution >= 0.6 is 23.9 Å². The predicted molar refractivity (Wildman–Crippen MR) is 118 cm³/mol. The number of carbonyl (C=O) groups excluding carboxylic acids is 1. The maximum absolute atomic E-state index is 13.6. The number of nitrogens with two attached hydrogens (primary N) is 1. The van der Waals surface area contributed by atoms with Gasteiger partial charge in [0.2, 0.25) is 5.06 Å². The molecular formula is C20H19ClF3N5O2S. The van der Waals surface area contributed by atoms with E-state index in [0.29, 0.717) is 17.3 Å². The monoisotopic (exact) mass is 485 g/mol. The Morgan fingerprint density at radius 3 is 2.69 bits per heavy atom. The largest absolute Gasteiger partial charge is 0.477 e. The number of hydrogen-bond acceptors (Lipinski definition) is 7. The van der Waals surface area contributed by atoms with E-state index in [2.05, 4.69) is 20.0 Å². The van der Waals surface area contributed by atoms with Gasteiger partial charge in [0.05, 0.1) is 23.1 Å². The van der Waals surface area contributed by atoms with E-state index in [9.17, 15) is 18.0 Å². The minimum Gasteiger partial charge on any atom is -0.477 e. The average molecular weight is 486 g/mol. The summed E-state index contributed by atoms with van der Waals surface area (Å²) in [6.45, 7) is 1.51. The van der Waals surface area contributed by atoms with Crippen molar-refractivity contribution in [2.45, 2.75) is 18.7 Å². The van der Waals surface area contributed by atoms with Crippen LogP contribution in [0.25, 0.3) is 11.3 Å². The summed E-state index contributed by atoms with van der Waals surface area (Å²) in [7, 11) is 0. The Balaban J connectivity index is 0.00000289. The van der Waals surface area contributed by atoms with Gasteiger partial charge in [-0.05, 0) is 19.0 Å². The number of anilines is 2. The summed E-state index contributed by atoms with van der Waals surface area (Å²) < 4.78 is 50.6. The van der Waals surface area contributed by atoms with Crippen LogP contribution in [-0.4, -0.2) is 34.5 Å². The normalized spacial score (nSPS) is 15.8.